The Balaban J connectivity index is 1.52. The standard InChI is InChI=1S/C20H33NO8/c22-13-14-17(25)18(26)19(27)20(28,29-14)11-7-5-3-1-2-4-6-8-12-21-15(23)9-10-16(21)24/h9-10,14,17-19,22,25-28H,1-8,11-13H2/t14-,17-,18+,19-,20-/m1/s1. The van der Waals surface area contributed by atoms with Crippen molar-refractivity contribution < 1.29 is 39.9 Å². The van der Waals surface area contributed by atoms with Crippen molar-refractivity contribution in [2.75, 3.05) is 13.2 Å². The second-order valence-corrected chi connectivity index (χ2v) is 7.85. The van der Waals surface area contributed by atoms with Crippen molar-refractivity contribution >= 4 is 11.8 Å². The summed E-state index contributed by atoms with van der Waals surface area (Å²) in [4.78, 5) is 24.1. The molecule has 1 fully saturated rings. The second-order valence-electron chi connectivity index (χ2n) is 7.85. The van der Waals surface area contributed by atoms with Crippen LogP contribution >= 0.6 is 0 Å². The third kappa shape index (κ3) is 6.31. The van der Waals surface area contributed by atoms with E-state index in [9.17, 15) is 35.1 Å². The predicted octanol–water partition coefficient (Wildman–Crippen LogP) is -0.415. The molecule has 9 heteroatoms. The summed E-state index contributed by atoms with van der Waals surface area (Å²) in [7, 11) is 0. The molecule has 0 aromatic carbocycles. The van der Waals surface area contributed by atoms with E-state index in [-0.39, 0.29) is 18.2 Å². The Bertz CT molecular complexity index is 563. The highest BCUT2D eigenvalue weighted by atomic mass is 16.7. The molecular weight excluding hydrogens is 382 g/mol. The lowest BCUT2D eigenvalue weighted by Crippen LogP contribution is -2.65. The number of hydrogen-bond donors (Lipinski definition) is 5. The van der Waals surface area contributed by atoms with Crippen LogP contribution in [0.4, 0.5) is 0 Å². The van der Waals surface area contributed by atoms with Gasteiger partial charge in [-0.15, -0.1) is 0 Å². The minimum Gasteiger partial charge on any atom is -0.394 e. The van der Waals surface area contributed by atoms with E-state index in [4.69, 9.17) is 4.74 Å². The molecule has 0 radical (unpaired) electrons. The van der Waals surface area contributed by atoms with E-state index in [1.54, 1.807) is 0 Å². The summed E-state index contributed by atoms with van der Waals surface area (Å²) < 4.78 is 5.24. The fourth-order valence-electron chi connectivity index (χ4n) is 3.79. The molecule has 2 amide bonds. The molecule has 0 spiro atoms. The summed E-state index contributed by atoms with van der Waals surface area (Å²) in [6.45, 7) is -0.106. The first-order chi connectivity index (χ1) is 13.8. The lowest BCUT2D eigenvalue weighted by molar-refractivity contribution is -0.351. The van der Waals surface area contributed by atoms with Crippen LogP contribution in [0.5, 0.6) is 0 Å². The molecule has 166 valence electrons. The van der Waals surface area contributed by atoms with Crippen molar-refractivity contribution in [1.29, 1.82) is 0 Å². The number of aliphatic hydroxyl groups excluding tert-OH is 4. The molecule has 29 heavy (non-hydrogen) atoms. The van der Waals surface area contributed by atoms with Crippen molar-refractivity contribution in [3.8, 4) is 0 Å². The molecule has 0 aromatic heterocycles. The summed E-state index contributed by atoms with van der Waals surface area (Å²) in [6.07, 6.45) is 3.99. The van der Waals surface area contributed by atoms with Crippen LogP contribution in [0.15, 0.2) is 12.2 Å². The van der Waals surface area contributed by atoms with E-state index in [1.807, 2.05) is 0 Å². The van der Waals surface area contributed by atoms with E-state index < -0.39 is 36.8 Å². The first kappa shape index (κ1) is 23.9. The molecule has 5 atom stereocenters. The van der Waals surface area contributed by atoms with Crippen LogP contribution < -0.4 is 0 Å². The van der Waals surface area contributed by atoms with Gasteiger partial charge in [-0.05, 0) is 12.8 Å². The van der Waals surface area contributed by atoms with Gasteiger partial charge in [0.05, 0.1) is 6.61 Å². The molecule has 2 rings (SSSR count). The maximum Gasteiger partial charge on any atom is 0.253 e. The third-order valence-corrected chi connectivity index (χ3v) is 5.62. The quantitative estimate of drug-likeness (QED) is 0.213. The van der Waals surface area contributed by atoms with Gasteiger partial charge in [-0.3, -0.25) is 14.5 Å². The van der Waals surface area contributed by atoms with Gasteiger partial charge in [-0.1, -0.05) is 38.5 Å². The van der Waals surface area contributed by atoms with E-state index in [0.29, 0.717) is 13.0 Å². The molecule has 2 aliphatic heterocycles. The smallest absolute Gasteiger partial charge is 0.253 e. The summed E-state index contributed by atoms with van der Waals surface area (Å²) >= 11 is 0. The molecule has 0 aromatic rings. The first-order valence-electron chi connectivity index (χ1n) is 10.4. The number of nitrogens with zero attached hydrogens (tertiary/aromatic N) is 1. The van der Waals surface area contributed by atoms with Gasteiger partial charge >= 0.3 is 0 Å². The minimum absolute atomic E-state index is 0.0976. The number of ether oxygens (including phenoxy) is 1. The van der Waals surface area contributed by atoms with Crippen LogP contribution in [0.25, 0.3) is 0 Å². The average molecular weight is 415 g/mol. The Morgan fingerprint density at radius 2 is 1.38 bits per heavy atom. The molecule has 0 bridgehead atoms. The van der Waals surface area contributed by atoms with Gasteiger partial charge in [0.15, 0.2) is 5.79 Å². The number of amides is 2. The molecule has 2 heterocycles. The number of unbranched alkanes of at least 4 members (excludes halogenated alkanes) is 7. The van der Waals surface area contributed by atoms with Crippen molar-refractivity contribution in [2.45, 2.75) is 88.0 Å². The summed E-state index contributed by atoms with van der Waals surface area (Å²) in [5.41, 5.74) is 0. The van der Waals surface area contributed by atoms with E-state index in [0.717, 1.165) is 44.9 Å². The topological polar surface area (TPSA) is 148 Å². The van der Waals surface area contributed by atoms with Crippen molar-refractivity contribution in [1.82, 2.24) is 4.90 Å². The molecule has 0 unspecified atom stereocenters. The highest BCUT2D eigenvalue weighted by Gasteiger charge is 2.51. The van der Waals surface area contributed by atoms with Crippen LogP contribution in [-0.2, 0) is 14.3 Å². The normalized spacial score (nSPS) is 32.4. The summed E-state index contributed by atoms with van der Waals surface area (Å²) in [5.74, 6) is -2.46. The Labute approximate surface area is 170 Å². The number of rotatable bonds is 12. The number of hydrogen-bond acceptors (Lipinski definition) is 8. The zero-order chi connectivity index (χ0) is 21.4. The zero-order valence-electron chi connectivity index (χ0n) is 16.7. The SMILES string of the molecule is O=C1C=CC(=O)N1CCCCCCCCCC[C@@]1(O)O[C@H](CO)[C@@H](O)[C@H](O)[C@H]1O. The Hall–Kier alpha value is -1.36. The van der Waals surface area contributed by atoms with Crippen LogP contribution in [0.3, 0.4) is 0 Å². The Morgan fingerprint density at radius 3 is 1.93 bits per heavy atom. The van der Waals surface area contributed by atoms with Gasteiger partial charge in [-0.25, -0.2) is 0 Å². The Kier molecular flexibility index (Phi) is 9.19. The van der Waals surface area contributed by atoms with Crippen molar-refractivity contribution in [2.24, 2.45) is 0 Å². The average Bonchev–Trinajstić information content (AvgIpc) is 3.02. The van der Waals surface area contributed by atoms with Gasteiger partial charge in [0, 0.05) is 25.1 Å². The molecule has 1 saturated heterocycles. The molecule has 9 nitrogen and oxygen atoms in total. The predicted molar refractivity (Wildman–Crippen MR) is 102 cm³/mol. The number of aliphatic hydroxyl groups is 5. The van der Waals surface area contributed by atoms with Crippen molar-refractivity contribution in [3.63, 3.8) is 0 Å². The largest absolute Gasteiger partial charge is 0.394 e. The maximum atomic E-state index is 11.4. The van der Waals surface area contributed by atoms with Crippen LogP contribution in [0, 0.1) is 0 Å². The lowest BCUT2D eigenvalue weighted by Gasteiger charge is -2.45. The molecule has 0 aliphatic carbocycles. The summed E-state index contributed by atoms with van der Waals surface area (Å²) in [6, 6.07) is 0. The van der Waals surface area contributed by atoms with Crippen molar-refractivity contribution in [3.05, 3.63) is 12.2 Å². The first-order valence-corrected chi connectivity index (χ1v) is 10.4. The van der Waals surface area contributed by atoms with Gasteiger partial charge in [-0.2, -0.15) is 0 Å². The lowest BCUT2D eigenvalue weighted by atomic mass is 9.89. The fourth-order valence-corrected chi connectivity index (χ4v) is 3.79. The van der Waals surface area contributed by atoms with Crippen LogP contribution in [0.1, 0.15) is 57.8 Å². The van der Waals surface area contributed by atoms with E-state index in [2.05, 4.69) is 0 Å². The van der Waals surface area contributed by atoms with Gasteiger partial charge < -0.3 is 30.3 Å². The molecule has 0 saturated carbocycles. The number of imide groups is 1. The van der Waals surface area contributed by atoms with Gasteiger partial charge in [0.2, 0.25) is 0 Å². The number of carbonyl (C=O) groups excluding carboxylic acids is 2. The molecule has 2 aliphatic rings. The summed E-state index contributed by atoms with van der Waals surface area (Å²) in [5, 5.41) is 49.2. The Morgan fingerprint density at radius 1 is 0.862 bits per heavy atom. The maximum absolute atomic E-state index is 11.4. The van der Waals surface area contributed by atoms with E-state index >= 15 is 0 Å². The van der Waals surface area contributed by atoms with Crippen LogP contribution in [0.2, 0.25) is 0 Å². The van der Waals surface area contributed by atoms with E-state index in [1.165, 1.54) is 17.1 Å². The minimum atomic E-state index is -1.98. The zero-order valence-corrected chi connectivity index (χ0v) is 16.7. The van der Waals surface area contributed by atoms with Crippen LogP contribution in [-0.4, -0.2) is 85.6 Å². The number of carbonyl (C=O) groups is 2. The third-order valence-electron chi connectivity index (χ3n) is 5.62. The highest BCUT2D eigenvalue weighted by Crippen LogP contribution is 2.32. The fraction of sp³-hybridized carbons (Fsp3) is 0.800. The molecular formula is C20H33NO8. The van der Waals surface area contributed by atoms with Gasteiger partial charge in [0.25, 0.3) is 11.8 Å². The van der Waals surface area contributed by atoms with Gasteiger partial charge in [0.1, 0.15) is 24.4 Å². The monoisotopic (exact) mass is 415 g/mol. The second kappa shape index (κ2) is 11.1. The molecule has 5 N–H and O–H groups in total. The highest BCUT2D eigenvalue weighted by molar-refractivity contribution is 6.12.